The number of hydrogen-bond donors (Lipinski definition) is 3. The van der Waals surface area contributed by atoms with Crippen molar-refractivity contribution >= 4 is 50.1 Å². The molecule has 2 aromatic heterocycles. The molecule has 2 aromatic carbocycles. The number of nitrogens with one attached hydrogen (secondary N) is 2. The van der Waals surface area contributed by atoms with Crippen LogP contribution in [-0.2, 0) is 6.42 Å². The summed E-state index contributed by atoms with van der Waals surface area (Å²) in [6.07, 6.45) is 3.96. The summed E-state index contributed by atoms with van der Waals surface area (Å²) in [7, 11) is 0. The Hall–Kier alpha value is -2.74. The minimum Gasteiger partial charge on any atom is -0.393 e. The van der Waals surface area contributed by atoms with Crippen molar-refractivity contribution in [2.45, 2.75) is 44.2 Å². The molecule has 3 N–H and O–H groups in total. The van der Waals surface area contributed by atoms with E-state index in [1.54, 1.807) is 11.3 Å². The van der Waals surface area contributed by atoms with Gasteiger partial charge in [0.05, 0.1) is 22.0 Å². The monoisotopic (exact) mass is 465 g/mol. The molecule has 0 saturated heterocycles. The third-order valence-corrected chi connectivity index (χ3v) is 6.79. The van der Waals surface area contributed by atoms with Crippen molar-refractivity contribution in [3.63, 3.8) is 0 Å². The average molecular weight is 466 g/mol. The van der Waals surface area contributed by atoms with Gasteiger partial charge in [-0.2, -0.15) is 4.98 Å². The fourth-order valence-corrected chi connectivity index (χ4v) is 5.13. The molecule has 4 aromatic rings. The molecular weight excluding hydrogens is 442 g/mol. The van der Waals surface area contributed by atoms with Crippen molar-refractivity contribution in [2.24, 2.45) is 0 Å². The number of nitrogens with zero attached hydrogens (tertiary/aromatic N) is 3. The lowest BCUT2D eigenvalue weighted by Gasteiger charge is -2.26. The maximum Gasteiger partial charge on any atom is 0.225 e. The fourth-order valence-electron chi connectivity index (χ4n) is 3.99. The Morgan fingerprint density at radius 2 is 1.78 bits per heavy atom. The lowest BCUT2D eigenvalue weighted by atomic mass is 9.93. The molecule has 8 heteroatoms. The maximum absolute atomic E-state index is 9.80. The number of thiazole rings is 1. The van der Waals surface area contributed by atoms with Crippen LogP contribution >= 0.6 is 22.9 Å². The van der Waals surface area contributed by atoms with Crippen LogP contribution in [0.2, 0.25) is 5.02 Å². The molecule has 0 amide bonds. The summed E-state index contributed by atoms with van der Waals surface area (Å²) in [6, 6.07) is 18.2. The SMILES string of the molecule is OC1CCC(Nc2nc(Cc3ccccc3)cc(Nc3nc4ccc(Cl)cc4s3)n2)CC1. The number of anilines is 3. The van der Waals surface area contributed by atoms with Gasteiger partial charge >= 0.3 is 0 Å². The summed E-state index contributed by atoms with van der Waals surface area (Å²) < 4.78 is 1.03. The molecule has 0 radical (unpaired) electrons. The smallest absolute Gasteiger partial charge is 0.225 e. The lowest BCUT2D eigenvalue weighted by molar-refractivity contribution is 0.126. The number of halogens is 1. The molecule has 0 aliphatic heterocycles. The van der Waals surface area contributed by atoms with Gasteiger partial charge in [0.15, 0.2) is 5.13 Å². The number of aliphatic hydroxyl groups excluding tert-OH is 1. The molecule has 1 saturated carbocycles. The predicted octanol–water partition coefficient (Wildman–Crippen LogP) is 5.79. The molecule has 2 heterocycles. The van der Waals surface area contributed by atoms with Gasteiger partial charge in [0.25, 0.3) is 0 Å². The quantitative estimate of drug-likeness (QED) is 0.334. The van der Waals surface area contributed by atoms with E-state index < -0.39 is 0 Å². The highest BCUT2D eigenvalue weighted by Crippen LogP contribution is 2.30. The molecule has 0 unspecified atom stereocenters. The van der Waals surface area contributed by atoms with Gasteiger partial charge in [-0.1, -0.05) is 53.3 Å². The van der Waals surface area contributed by atoms with E-state index in [1.165, 1.54) is 5.56 Å². The van der Waals surface area contributed by atoms with Crippen LogP contribution in [0.5, 0.6) is 0 Å². The van der Waals surface area contributed by atoms with Gasteiger partial charge < -0.3 is 15.7 Å². The molecule has 5 rings (SSSR count). The van der Waals surface area contributed by atoms with Crippen molar-refractivity contribution in [3.05, 3.63) is 70.9 Å². The Balaban J connectivity index is 1.42. The minimum absolute atomic E-state index is 0.192. The van der Waals surface area contributed by atoms with Crippen molar-refractivity contribution in [2.75, 3.05) is 10.6 Å². The number of aliphatic hydroxyl groups is 1. The van der Waals surface area contributed by atoms with Gasteiger partial charge in [-0.15, -0.1) is 0 Å². The van der Waals surface area contributed by atoms with E-state index in [4.69, 9.17) is 21.6 Å². The summed E-state index contributed by atoms with van der Waals surface area (Å²) in [5, 5.41) is 18.1. The number of rotatable bonds is 6. The van der Waals surface area contributed by atoms with Crippen molar-refractivity contribution < 1.29 is 5.11 Å². The standard InChI is InChI=1S/C24H24ClN5OS/c25-16-6-11-20-21(13-16)32-24(28-20)30-22-14-18(12-15-4-2-1-3-5-15)27-23(29-22)26-17-7-9-19(31)10-8-17/h1-6,11,13-14,17,19,31H,7-10,12H2,(H2,26,27,28,29,30). The molecule has 0 spiro atoms. The zero-order valence-corrected chi connectivity index (χ0v) is 19.0. The van der Waals surface area contributed by atoms with Crippen molar-refractivity contribution in [1.82, 2.24) is 15.0 Å². The van der Waals surface area contributed by atoms with Gasteiger partial charge in [0, 0.05) is 23.6 Å². The maximum atomic E-state index is 9.80. The van der Waals surface area contributed by atoms with Gasteiger partial charge in [0.1, 0.15) is 5.82 Å². The zero-order valence-electron chi connectivity index (χ0n) is 17.5. The first-order valence-corrected chi connectivity index (χ1v) is 12.0. The number of hydrogen-bond acceptors (Lipinski definition) is 7. The van der Waals surface area contributed by atoms with E-state index in [0.29, 0.717) is 23.2 Å². The van der Waals surface area contributed by atoms with Gasteiger partial charge in [0.2, 0.25) is 5.95 Å². The Morgan fingerprint density at radius 1 is 0.969 bits per heavy atom. The first-order chi connectivity index (χ1) is 15.6. The molecule has 0 atom stereocenters. The van der Waals surface area contributed by atoms with Crippen LogP contribution in [0.3, 0.4) is 0 Å². The van der Waals surface area contributed by atoms with E-state index in [2.05, 4.69) is 27.8 Å². The Kier molecular flexibility index (Phi) is 6.21. The van der Waals surface area contributed by atoms with Crippen LogP contribution in [0.4, 0.5) is 16.9 Å². The highest BCUT2D eigenvalue weighted by molar-refractivity contribution is 7.22. The second kappa shape index (κ2) is 9.40. The molecule has 6 nitrogen and oxygen atoms in total. The summed E-state index contributed by atoms with van der Waals surface area (Å²) >= 11 is 7.66. The van der Waals surface area contributed by atoms with Gasteiger partial charge in [-0.05, 0) is 49.4 Å². The van der Waals surface area contributed by atoms with E-state index in [1.807, 2.05) is 42.5 Å². The summed E-state index contributed by atoms with van der Waals surface area (Å²) in [5.41, 5.74) is 3.02. The second-order valence-electron chi connectivity index (χ2n) is 8.14. The van der Waals surface area contributed by atoms with Gasteiger partial charge in [-0.25, -0.2) is 9.97 Å². The molecule has 1 fully saturated rings. The third-order valence-electron chi connectivity index (χ3n) is 5.62. The highest BCUT2D eigenvalue weighted by atomic mass is 35.5. The number of fused-ring (bicyclic) bond motifs is 1. The Bertz CT molecular complexity index is 1210. The zero-order chi connectivity index (χ0) is 21.9. The van der Waals surface area contributed by atoms with Crippen LogP contribution in [0.25, 0.3) is 10.2 Å². The van der Waals surface area contributed by atoms with Crippen molar-refractivity contribution in [1.29, 1.82) is 0 Å². The van der Waals surface area contributed by atoms with Crippen LogP contribution in [0.1, 0.15) is 36.9 Å². The molecular formula is C24H24ClN5OS. The van der Waals surface area contributed by atoms with Crippen LogP contribution < -0.4 is 10.6 Å². The fraction of sp³-hybridized carbons (Fsp3) is 0.292. The average Bonchev–Trinajstić information content (AvgIpc) is 3.17. The Labute approximate surface area is 195 Å². The Morgan fingerprint density at radius 3 is 2.59 bits per heavy atom. The van der Waals surface area contributed by atoms with Crippen molar-refractivity contribution in [3.8, 4) is 0 Å². The molecule has 0 bridgehead atoms. The predicted molar refractivity (Wildman–Crippen MR) is 131 cm³/mol. The lowest BCUT2D eigenvalue weighted by Crippen LogP contribution is -2.29. The van der Waals surface area contributed by atoms with Crippen LogP contribution in [0, 0.1) is 0 Å². The van der Waals surface area contributed by atoms with E-state index in [9.17, 15) is 5.11 Å². The van der Waals surface area contributed by atoms with E-state index >= 15 is 0 Å². The summed E-state index contributed by atoms with van der Waals surface area (Å²) in [6.45, 7) is 0. The largest absolute Gasteiger partial charge is 0.393 e. The first-order valence-electron chi connectivity index (χ1n) is 10.8. The van der Waals surface area contributed by atoms with Crippen LogP contribution in [0.15, 0.2) is 54.6 Å². The summed E-state index contributed by atoms with van der Waals surface area (Å²) in [5.74, 6) is 1.31. The molecule has 164 valence electrons. The van der Waals surface area contributed by atoms with Gasteiger partial charge in [-0.3, -0.25) is 0 Å². The molecule has 1 aliphatic carbocycles. The van der Waals surface area contributed by atoms with E-state index in [-0.39, 0.29) is 12.1 Å². The molecule has 32 heavy (non-hydrogen) atoms. The normalized spacial score (nSPS) is 18.6. The third kappa shape index (κ3) is 5.18. The topological polar surface area (TPSA) is 83.0 Å². The highest BCUT2D eigenvalue weighted by Gasteiger charge is 2.20. The second-order valence-corrected chi connectivity index (χ2v) is 9.60. The number of aromatic nitrogens is 3. The van der Waals surface area contributed by atoms with E-state index in [0.717, 1.165) is 46.7 Å². The summed E-state index contributed by atoms with van der Waals surface area (Å²) in [4.78, 5) is 14.2. The molecule has 1 aliphatic rings. The number of benzene rings is 2. The van der Waals surface area contributed by atoms with Crippen LogP contribution in [-0.4, -0.2) is 32.2 Å². The minimum atomic E-state index is -0.192. The first kappa shape index (κ1) is 21.1.